The third kappa shape index (κ3) is 3.88. The van der Waals surface area contributed by atoms with Gasteiger partial charge >= 0.3 is 0 Å². The van der Waals surface area contributed by atoms with E-state index in [1.807, 2.05) is 26.0 Å². The lowest BCUT2D eigenvalue weighted by Crippen LogP contribution is -2.19. The number of nitrogens with one attached hydrogen (secondary N) is 5. The molecule has 0 bridgehead atoms. The van der Waals surface area contributed by atoms with Gasteiger partial charge in [-0.2, -0.15) is 15.2 Å². The molecule has 10 nitrogen and oxygen atoms in total. The van der Waals surface area contributed by atoms with Crippen LogP contribution in [0.25, 0.3) is 16.7 Å². The number of aromatic nitrogens is 3. The Bertz CT molecular complexity index is 1240. The highest BCUT2D eigenvalue weighted by atomic mass is 16.6. The van der Waals surface area contributed by atoms with Gasteiger partial charge in [0.1, 0.15) is 30.7 Å². The maximum Gasteiger partial charge on any atom is 0.231 e. The van der Waals surface area contributed by atoms with Crippen molar-refractivity contribution in [3.63, 3.8) is 0 Å². The van der Waals surface area contributed by atoms with E-state index in [-0.39, 0.29) is 6.04 Å². The van der Waals surface area contributed by atoms with Gasteiger partial charge in [-0.15, -0.1) is 0 Å². The molecule has 1 aliphatic heterocycles. The van der Waals surface area contributed by atoms with Gasteiger partial charge < -0.3 is 35.8 Å². The quantitative estimate of drug-likeness (QED) is 0.358. The zero-order valence-corrected chi connectivity index (χ0v) is 18.0. The van der Waals surface area contributed by atoms with Gasteiger partial charge in [-0.1, -0.05) is 0 Å². The summed E-state index contributed by atoms with van der Waals surface area (Å²) in [7, 11) is 1.79. The summed E-state index contributed by atoms with van der Waals surface area (Å²) in [6.07, 6.45) is 4.49. The van der Waals surface area contributed by atoms with Crippen molar-refractivity contribution in [2.45, 2.75) is 19.9 Å². The number of aromatic amines is 1. The maximum atomic E-state index is 9.43. The van der Waals surface area contributed by atoms with Crippen LogP contribution in [0, 0.1) is 16.7 Å². The summed E-state index contributed by atoms with van der Waals surface area (Å²) in [5.41, 5.74) is 3.21. The molecule has 1 aliphatic rings. The second kappa shape index (κ2) is 8.85. The van der Waals surface area contributed by atoms with Crippen molar-refractivity contribution in [2.75, 3.05) is 30.9 Å². The number of H-pyrrole nitrogens is 1. The van der Waals surface area contributed by atoms with E-state index in [1.54, 1.807) is 19.3 Å². The average molecular weight is 432 g/mol. The molecule has 0 atom stereocenters. The molecule has 0 saturated carbocycles. The number of hydrogen-bond donors (Lipinski definition) is 5. The van der Waals surface area contributed by atoms with Crippen LogP contribution in [0.1, 0.15) is 25.0 Å². The van der Waals surface area contributed by atoms with Crippen LogP contribution in [0.3, 0.4) is 0 Å². The largest absolute Gasteiger partial charge is 0.485 e. The number of hydrogen-bond acceptors (Lipinski definition) is 9. The first-order valence-corrected chi connectivity index (χ1v) is 10.2. The lowest BCUT2D eigenvalue weighted by molar-refractivity contribution is 0.172. The first-order valence-electron chi connectivity index (χ1n) is 10.2. The molecule has 1 aromatic carbocycles. The lowest BCUT2D eigenvalue weighted by Gasteiger charge is -2.24. The Morgan fingerprint density at radius 1 is 1.25 bits per heavy atom. The summed E-state index contributed by atoms with van der Waals surface area (Å²) in [4.78, 5) is 12.2. The van der Waals surface area contributed by atoms with Crippen LogP contribution >= 0.6 is 0 Å². The van der Waals surface area contributed by atoms with E-state index in [2.05, 4.69) is 37.0 Å². The van der Waals surface area contributed by atoms with E-state index in [0.717, 1.165) is 11.3 Å². The number of fused-ring (bicyclic) bond motifs is 2. The molecule has 164 valence electrons. The summed E-state index contributed by atoms with van der Waals surface area (Å²) >= 11 is 0. The van der Waals surface area contributed by atoms with Crippen LogP contribution in [0.4, 0.5) is 17.5 Å². The fraction of sp³-hybridized carbons (Fsp3) is 0.273. The first kappa shape index (κ1) is 21.0. The summed E-state index contributed by atoms with van der Waals surface area (Å²) in [5.74, 6) is 2.04. The van der Waals surface area contributed by atoms with Gasteiger partial charge in [0.15, 0.2) is 11.5 Å². The molecule has 0 fully saturated rings. The van der Waals surface area contributed by atoms with Gasteiger partial charge in [0.25, 0.3) is 0 Å². The first-order chi connectivity index (χ1) is 15.5. The van der Waals surface area contributed by atoms with Gasteiger partial charge in [0.2, 0.25) is 5.95 Å². The van der Waals surface area contributed by atoms with Gasteiger partial charge in [0, 0.05) is 36.8 Å². The van der Waals surface area contributed by atoms with Gasteiger partial charge in [-0.25, -0.2) is 0 Å². The van der Waals surface area contributed by atoms with Crippen molar-refractivity contribution < 1.29 is 9.47 Å². The zero-order chi connectivity index (χ0) is 22.7. The van der Waals surface area contributed by atoms with E-state index >= 15 is 0 Å². The third-order valence-electron chi connectivity index (χ3n) is 4.82. The summed E-state index contributed by atoms with van der Waals surface area (Å²) in [6, 6.07) is 6.03. The Hall–Kier alpha value is -4.26. The smallest absolute Gasteiger partial charge is 0.231 e. The fourth-order valence-corrected chi connectivity index (χ4v) is 3.51. The van der Waals surface area contributed by atoms with Crippen LogP contribution in [0.2, 0.25) is 0 Å². The minimum atomic E-state index is 0.117. The van der Waals surface area contributed by atoms with Crippen molar-refractivity contribution >= 4 is 40.4 Å². The molecule has 4 rings (SSSR count). The molecule has 3 aromatic rings. The molecule has 0 aliphatic carbocycles. The van der Waals surface area contributed by atoms with Crippen LogP contribution in [-0.4, -0.2) is 47.5 Å². The lowest BCUT2D eigenvalue weighted by atomic mass is 10.1. The normalized spacial score (nSPS) is 13.0. The van der Waals surface area contributed by atoms with Crippen LogP contribution in [-0.2, 0) is 0 Å². The second-order valence-corrected chi connectivity index (χ2v) is 7.37. The molecule has 32 heavy (non-hydrogen) atoms. The highest BCUT2D eigenvalue weighted by molar-refractivity contribution is 5.94. The molecular formula is C22H24N8O2. The Labute approximate surface area is 185 Å². The highest BCUT2D eigenvalue weighted by Crippen LogP contribution is 2.43. The molecule has 0 radical (unpaired) electrons. The van der Waals surface area contributed by atoms with E-state index in [9.17, 15) is 5.26 Å². The van der Waals surface area contributed by atoms with E-state index in [0.29, 0.717) is 58.8 Å². The van der Waals surface area contributed by atoms with Crippen molar-refractivity contribution in [1.82, 2.24) is 20.3 Å². The number of anilines is 3. The Morgan fingerprint density at radius 2 is 2.03 bits per heavy atom. The Balaban J connectivity index is 1.78. The van der Waals surface area contributed by atoms with Gasteiger partial charge in [-0.05, 0) is 32.1 Å². The van der Waals surface area contributed by atoms with Crippen molar-refractivity contribution in [1.29, 1.82) is 10.7 Å². The zero-order valence-electron chi connectivity index (χ0n) is 18.0. The summed E-state index contributed by atoms with van der Waals surface area (Å²) in [5, 5.41) is 27.1. The third-order valence-corrected chi connectivity index (χ3v) is 4.82. The summed E-state index contributed by atoms with van der Waals surface area (Å²) < 4.78 is 11.8. The topological polar surface area (TPSA) is 144 Å². The van der Waals surface area contributed by atoms with E-state index in [4.69, 9.17) is 14.9 Å². The number of nitrogens with zero attached hydrogens (tertiary/aromatic N) is 3. The fourth-order valence-electron chi connectivity index (χ4n) is 3.51. The minimum absolute atomic E-state index is 0.117. The van der Waals surface area contributed by atoms with Crippen molar-refractivity contribution in [2.24, 2.45) is 0 Å². The Kier molecular flexibility index (Phi) is 5.81. The van der Waals surface area contributed by atoms with E-state index < -0.39 is 0 Å². The molecule has 0 saturated heterocycles. The van der Waals surface area contributed by atoms with Crippen LogP contribution < -0.4 is 25.4 Å². The maximum absolute atomic E-state index is 9.43. The van der Waals surface area contributed by atoms with Crippen LogP contribution in [0.5, 0.6) is 11.5 Å². The monoisotopic (exact) mass is 432 g/mol. The second-order valence-electron chi connectivity index (χ2n) is 7.37. The van der Waals surface area contributed by atoms with Crippen molar-refractivity contribution in [3.8, 4) is 17.6 Å². The highest BCUT2D eigenvalue weighted by Gasteiger charge is 2.23. The number of allylic oxidation sites excluding steroid dienone is 1. The van der Waals surface area contributed by atoms with Gasteiger partial charge in [-0.3, -0.25) is 0 Å². The standard InChI is InChI=1S/C22H24N8O2/c1-12(2)27-21-17-13(10-24)11-26-20(17)29-22(30-21)28-16-5-4-14(15(25-3)6-7-23)18-19(16)32-9-8-31-18/h4-7,11-12,23,25H,8-9H2,1-3H3,(H3,26,27,28,29,30)/b15-6-,23-7?. The predicted octanol–water partition coefficient (Wildman–Crippen LogP) is 3.37. The SMILES string of the molecule is CN/C(=C\C=N)c1ccc(Nc2nc(NC(C)C)c3c(C#N)c[nH]c3n2)c2c1OCCO2. The van der Waals surface area contributed by atoms with E-state index in [1.165, 1.54) is 6.21 Å². The van der Waals surface area contributed by atoms with Crippen LogP contribution in [0.15, 0.2) is 24.4 Å². The molecule has 3 heterocycles. The summed E-state index contributed by atoms with van der Waals surface area (Å²) in [6.45, 7) is 4.84. The molecule has 10 heteroatoms. The molecule has 5 N–H and O–H groups in total. The number of rotatable bonds is 7. The number of ether oxygens (including phenoxy) is 2. The molecular weight excluding hydrogens is 408 g/mol. The van der Waals surface area contributed by atoms with Crippen molar-refractivity contribution in [3.05, 3.63) is 35.5 Å². The molecule has 0 spiro atoms. The molecule has 0 amide bonds. The molecule has 2 aromatic heterocycles. The minimum Gasteiger partial charge on any atom is -0.485 e. The number of benzene rings is 1. The predicted molar refractivity (Wildman–Crippen MR) is 124 cm³/mol. The Morgan fingerprint density at radius 3 is 2.72 bits per heavy atom. The number of nitriles is 1. The molecule has 0 unspecified atom stereocenters. The van der Waals surface area contributed by atoms with Gasteiger partial charge in [0.05, 0.1) is 16.6 Å². The average Bonchev–Trinajstić information content (AvgIpc) is 3.21.